The fourth-order valence-corrected chi connectivity index (χ4v) is 2.20. The van der Waals surface area contributed by atoms with Crippen LogP contribution in [0, 0.1) is 5.41 Å². The second-order valence-corrected chi connectivity index (χ2v) is 6.02. The molecule has 0 fully saturated rings. The predicted molar refractivity (Wildman–Crippen MR) is 79.1 cm³/mol. The predicted octanol–water partition coefficient (Wildman–Crippen LogP) is 2.89. The number of hydrogen-bond donors (Lipinski definition) is 1. The van der Waals surface area contributed by atoms with Gasteiger partial charge in [-0.15, -0.1) is 0 Å². The Morgan fingerprint density at radius 2 is 1.92 bits per heavy atom. The number of aromatic nitrogens is 2. The maximum Gasteiger partial charge on any atom is 0.437 e. The lowest BCUT2D eigenvalue weighted by Gasteiger charge is -2.29. The molecule has 0 radical (unpaired) electrons. The summed E-state index contributed by atoms with van der Waals surface area (Å²) in [6.45, 7) is 3.52. The SMILES string of the molecule is CC(C)(Cn1cccc1)C(O)C(=O)Oc1cccnc1C(F)(F)F. The van der Waals surface area contributed by atoms with E-state index in [0.717, 1.165) is 12.3 Å². The molecule has 0 amide bonds. The summed E-state index contributed by atoms with van der Waals surface area (Å²) in [7, 11) is 0. The minimum atomic E-state index is -4.76. The number of pyridine rings is 1. The molecule has 2 aromatic rings. The first kappa shape index (κ1) is 18.0. The van der Waals surface area contributed by atoms with Crippen LogP contribution in [0.15, 0.2) is 42.9 Å². The summed E-state index contributed by atoms with van der Waals surface area (Å²) in [5, 5.41) is 10.2. The standard InChI is InChI=1S/C16H17F3N2O3/c1-15(2,10-21-8-3-4-9-21)13(22)14(23)24-11-6-5-7-20-12(11)16(17,18)19/h3-9,13,22H,10H2,1-2H3. The van der Waals surface area contributed by atoms with Crippen LogP contribution in [0.4, 0.5) is 13.2 Å². The molecule has 24 heavy (non-hydrogen) atoms. The molecule has 2 heterocycles. The van der Waals surface area contributed by atoms with Gasteiger partial charge in [0.1, 0.15) is 0 Å². The minimum Gasteiger partial charge on any atom is -0.422 e. The van der Waals surface area contributed by atoms with Crippen molar-refractivity contribution >= 4 is 5.97 Å². The van der Waals surface area contributed by atoms with Crippen molar-refractivity contribution in [1.29, 1.82) is 0 Å². The van der Waals surface area contributed by atoms with Crippen LogP contribution in [-0.2, 0) is 17.5 Å². The Bertz CT molecular complexity index is 697. The van der Waals surface area contributed by atoms with Gasteiger partial charge in [-0.3, -0.25) is 0 Å². The molecule has 2 rings (SSSR count). The number of alkyl halides is 3. The van der Waals surface area contributed by atoms with Crippen LogP contribution in [0.1, 0.15) is 19.5 Å². The van der Waals surface area contributed by atoms with Crippen molar-refractivity contribution in [2.75, 3.05) is 0 Å². The summed E-state index contributed by atoms with van der Waals surface area (Å²) in [6, 6.07) is 5.77. The number of nitrogens with zero attached hydrogens (tertiary/aromatic N) is 2. The van der Waals surface area contributed by atoms with Crippen LogP contribution in [0.5, 0.6) is 5.75 Å². The third-order valence-corrected chi connectivity index (χ3v) is 3.47. The first-order valence-electron chi connectivity index (χ1n) is 7.14. The van der Waals surface area contributed by atoms with E-state index in [2.05, 4.69) is 4.98 Å². The van der Waals surface area contributed by atoms with Crippen LogP contribution in [0.25, 0.3) is 0 Å². The molecule has 8 heteroatoms. The molecule has 0 saturated heterocycles. The highest BCUT2D eigenvalue weighted by molar-refractivity contribution is 5.78. The smallest absolute Gasteiger partial charge is 0.422 e. The topological polar surface area (TPSA) is 64.4 Å². The molecule has 0 spiro atoms. The van der Waals surface area contributed by atoms with Crippen molar-refractivity contribution in [3.05, 3.63) is 48.5 Å². The van der Waals surface area contributed by atoms with Gasteiger partial charge >= 0.3 is 12.1 Å². The molecular weight excluding hydrogens is 325 g/mol. The molecule has 130 valence electrons. The van der Waals surface area contributed by atoms with E-state index in [0.29, 0.717) is 0 Å². The lowest BCUT2D eigenvalue weighted by molar-refractivity contribution is -0.154. The summed E-state index contributed by atoms with van der Waals surface area (Å²) < 4.78 is 45.1. The maximum absolute atomic E-state index is 12.9. The highest BCUT2D eigenvalue weighted by Crippen LogP contribution is 2.35. The first-order valence-corrected chi connectivity index (χ1v) is 7.14. The molecule has 0 bridgehead atoms. The molecule has 5 nitrogen and oxygen atoms in total. The summed E-state index contributed by atoms with van der Waals surface area (Å²) in [4.78, 5) is 15.3. The lowest BCUT2D eigenvalue weighted by Crippen LogP contribution is -2.41. The Balaban J connectivity index is 2.15. The fourth-order valence-electron chi connectivity index (χ4n) is 2.20. The number of esters is 1. The molecule has 0 aromatic carbocycles. The van der Waals surface area contributed by atoms with E-state index >= 15 is 0 Å². The van der Waals surface area contributed by atoms with E-state index in [1.165, 1.54) is 6.07 Å². The Hall–Kier alpha value is -2.35. The van der Waals surface area contributed by atoms with Crippen LogP contribution >= 0.6 is 0 Å². The quantitative estimate of drug-likeness (QED) is 0.849. The van der Waals surface area contributed by atoms with Gasteiger partial charge in [0.25, 0.3) is 0 Å². The van der Waals surface area contributed by atoms with Crippen molar-refractivity contribution in [2.45, 2.75) is 32.7 Å². The third-order valence-electron chi connectivity index (χ3n) is 3.47. The number of aliphatic hydroxyl groups is 1. The van der Waals surface area contributed by atoms with Crippen molar-refractivity contribution in [1.82, 2.24) is 9.55 Å². The van der Waals surface area contributed by atoms with Gasteiger partial charge in [-0.05, 0) is 24.3 Å². The molecule has 0 saturated carbocycles. The number of carbonyl (C=O) groups excluding carboxylic acids is 1. The monoisotopic (exact) mass is 342 g/mol. The first-order chi connectivity index (χ1) is 11.1. The molecular formula is C16H17F3N2O3. The average molecular weight is 342 g/mol. The van der Waals surface area contributed by atoms with E-state index in [1.807, 2.05) is 0 Å². The lowest BCUT2D eigenvalue weighted by atomic mass is 9.86. The van der Waals surface area contributed by atoms with Gasteiger partial charge in [-0.1, -0.05) is 13.8 Å². The summed E-state index contributed by atoms with van der Waals surface area (Å²) in [5.74, 6) is -1.89. The zero-order chi connectivity index (χ0) is 18.0. The largest absolute Gasteiger partial charge is 0.437 e. The second kappa shape index (κ2) is 6.64. The maximum atomic E-state index is 12.9. The number of halogens is 3. The van der Waals surface area contributed by atoms with Gasteiger partial charge in [-0.25, -0.2) is 9.78 Å². The van der Waals surface area contributed by atoms with Gasteiger partial charge in [0.05, 0.1) is 0 Å². The molecule has 2 aromatic heterocycles. The van der Waals surface area contributed by atoms with E-state index < -0.39 is 35.1 Å². The minimum absolute atomic E-state index is 0.287. The van der Waals surface area contributed by atoms with Gasteiger partial charge in [0.15, 0.2) is 17.5 Å². The normalized spacial score (nSPS) is 13.6. The molecule has 0 aliphatic rings. The third kappa shape index (κ3) is 4.14. The van der Waals surface area contributed by atoms with Gasteiger partial charge in [0.2, 0.25) is 0 Å². The molecule has 0 aliphatic heterocycles. The number of aliphatic hydroxyl groups excluding tert-OH is 1. The summed E-state index contributed by atoms with van der Waals surface area (Å²) in [5.41, 5.74) is -2.26. The van der Waals surface area contributed by atoms with Crippen LogP contribution in [0.2, 0.25) is 0 Å². The van der Waals surface area contributed by atoms with E-state index in [-0.39, 0.29) is 6.54 Å². The molecule has 1 unspecified atom stereocenters. The molecule has 1 N–H and O–H groups in total. The Labute approximate surface area is 136 Å². The number of rotatable bonds is 5. The van der Waals surface area contributed by atoms with Crippen molar-refractivity contribution in [2.24, 2.45) is 5.41 Å². The van der Waals surface area contributed by atoms with Crippen molar-refractivity contribution < 1.29 is 27.8 Å². The number of hydrogen-bond acceptors (Lipinski definition) is 4. The number of ether oxygens (including phenoxy) is 1. The average Bonchev–Trinajstić information content (AvgIpc) is 2.98. The van der Waals surface area contributed by atoms with Crippen LogP contribution in [-0.4, -0.2) is 26.7 Å². The van der Waals surface area contributed by atoms with Gasteiger partial charge in [0, 0.05) is 30.6 Å². The fraction of sp³-hybridized carbons (Fsp3) is 0.375. The highest BCUT2D eigenvalue weighted by atomic mass is 19.4. The highest BCUT2D eigenvalue weighted by Gasteiger charge is 2.39. The molecule has 1 atom stereocenters. The van der Waals surface area contributed by atoms with Gasteiger partial charge < -0.3 is 14.4 Å². The van der Waals surface area contributed by atoms with Gasteiger partial charge in [-0.2, -0.15) is 13.2 Å². The second-order valence-electron chi connectivity index (χ2n) is 6.02. The van der Waals surface area contributed by atoms with Crippen molar-refractivity contribution in [3.8, 4) is 5.75 Å². The van der Waals surface area contributed by atoms with Crippen molar-refractivity contribution in [3.63, 3.8) is 0 Å². The van der Waals surface area contributed by atoms with E-state index in [4.69, 9.17) is 4.74 Å². The Morgan fingerprint density at radius 1 is 1.29 bits per heavy atom. The Kier molecular flexibility index (Phi) is 4.98. The zero-order valence-electron chi connectivity index (χ0n) is 13.1. The zero-order valence-corrected chi connectivity index (χ0v) is 13.1. The Morgan fingerprint density at radius 3 is 2.50 bits per heavy atom. The van der Waals surface area contributed by atoms with E-state index in [9.17, 15) is 23.1 Å². The molecule has 0 aliphatic carbocycles. The van der Waals surface area contributed by atoms with Crippen LogP contribution < -0.4 is 4.74 Å². The van der Waals surface area contributed by atoms with Crippen LogP contribution in [0.3, 0.4) is 0 Å². The number of carbonyl (C=O) groups is 1. The summed E-state index contributed by atoms with van der Waals surface area (Å²) in [6.07, 6.45) is -1.92. The summed E-state index contributed by atoms with van der Waals surface area (Å²) >= 11 is 0. The van der Waals surface area contributed by atoms with E-state index in [1.54, 1.807) is 42.9 Å².